The van der Waals surface area contributed by atoms with Gasteiger partial charge in [0.25, 0.3) is 0 Å². The van der Waals surface area contributed by atoms with Crippen molar-refractivity contribution < 1.29 is 5.11 Å². The number of aliphatic hydroxyl groups excluding tert-OH is 1. The molecule has 16 heavy (non-hydrogen) atoms. The van der Waals surface area contributed by atoms with Crippen LogP contribution in [0.3, 0.4) is 0 Å². The Labute approximate surface area is 100 Å². The molecule has 0 aromatic carbocycles. The molecule has 1 fully saturated rings. The van der Waals surface area contributed by atoms with Crippen LogP contribution in [0.5, 0.6) is 0 Å². The van der Waals surface area contributed by atoms with Gasteiger partial charge in [-0.25, -0.2) is 0 Å². The molecule has 1 aliphatic heterocycles. The molecular formula is C13H28N2O. The van der Waals surface area contributed by atoms with Crippen LogP contribution < -0.4 is 5.73 Å². The third-order valence-corrected chi connectivity index (χ3v) is 4.02. The van der Waals surface area contributed by atoms with E-state index >= 15 is 0 Å². The van der Waals surface area contributed by atoms with E-state index in [-0.39, 0.29) is 18.7 Å². The fourth-order valence-electron chi connectivity index (χ4n) is 2.71. The lowest BCUT2D eigenvalue weighted by Crippen LogP contribution is -2.52. The van der Waals surface area contributed by atoms with Gasteiger partial charge in [0, 0.05) is 12.1 Å². The van der Waals surface area contributed by atoms with E-state index in [2.05, 4.69) is 25.7 Å². The summed E-state index contributed by atoms with van der Waals surface area (Å²) in [6, 6.07) is 0.192. The van der Waals surface area contributed by atoms with Gasteiger partial charge in [-0.15, -0.1) is 0 Å². The Balaban J connectivity index is 2.48. The van der Waals surface area contributed by atoms with Crippen LogP contribution in [-0.2, 0) is 0 Å². The van der Waals surface area contributed by atoms with Gasteiger partial charge in [-0.1, -0.05) is 20.8 Å². The lowest BCUT2D eigenvalue weighted by Gasteiger charge is -2.42. The van der Waals surface area contributed by atoms with Crippen LogP contribution in [0.25, 0.3) is 0 Å². The number of aliphatic hydroxyl groups is 1. The van der Waals surface area contributed by atoms with Crippen LogP contribution in [0.1, 0.15) is 40.5 Å². The average molecular weight is 228 g/mol. The molecular weight excluding hydrogens is 200 g/mol. The molecule has 0 spiro atoms. The standard InChI is InChI=1S/C13H28N2O/c1-10(14)12(9-16)15-7-5-11(6-8-15)13(2,3)4/h10-12,16H,5-9,14H2,1-4H3. The zero-order valence-corrected chi connectivity index (χ0v) is 11.2. The van der Waals surface area contributed by atoms with E-state index < -0.39 is 0 Å². The molecule has 3 N–H and O–H groups in total. The maximum Gasteiger partial charge on any atom is 0.0601 e. The second-order valence-corrected chi connectivity index (χ2v) is 6.29. The van der Waals surface area contributed by atoms with Crippen molar-refractivity contribution >= 4 is 0 Å². The monoisotopic (exact) mass is 228 g/mol. The highest BCUT2D eigenvalue weighted by atomic mass is 16.3. The number of hydrogen-bond donors (Lipinski definition) is 2. The van der Waals surface area contributed by atoms with Gasteiger partial charge in [0.05, 0.1) is 6.61 Å². The highest BCUT2D eigenvalue weighted by Gasteiger charge is 2.31. The van der Waals surface area contributed by atoms with E-state index in [4.69, 9.17) is 5.73 Å². The molecule has 0 aliphatic carbocycles. The summed E-state index contributed by atoms with van der Waals surface area (Å²) in [6.07, 6.45) is 2.46. The van der Waals surface area contributed by atoms with Gasteiger partial charge in [-0.3, -0.25) is 4.90 Å². The van der Waals surface area contributed by atoms with Gasteiger partial charge < -0.3 is 10.8 Å². The smallest absolute Gasteiger partial charge is 0.0601 e. The van der Waals surface area contributed by atoms with Crippen molar-refractivity contribution in [3.63, 3.8) is 0 Å². The minimum Gasteiger partial charge on any atom is -0.395 e. The van der Waals surface area contributed by atoms with Crippen molar-refractivity contribution in [1.82, 2.24) is 4.90 Å². The van der Waals surface area contributed by atoms with E-state index in [1.807, 2.05) is 6.92 Å². The Morgan fingerprint density at radius 2 is 1.81 bits per heavy atom. The Kier molecular flexibility index (Phi) is 4.77. The third-order valence-electron chi connectivity index (χ3n) is 4.02. The van der Waals surface area contributed by atoms with Crippen molar-refractivity contribution in [3.8, 4) is 0 Å². The molecule has 3 nitrogen and oxygen atoms in total. The van der Waals surface area contributed by atoms with E-state index in [1.54, 1.807) is 0 Å². The summed E-state index contributed by atoms with van der Waals surface area (Å²) in [5, 5.41) is 9.35. The Hall–Kier alpha value is -0.120. The van der Waals surface area contributed by atoms with Gasteiger partial charge in [-0.05, 0) is 44.2 Å². The van der Waals surface area contributed by atoms with E-state index in [1.165, 1.54) is 12.8 Å². The molecule has 0 amide bonds. The first-order valence-corrected chi connectivity index (χ1v) is 6.46. The molecule has 0 bridgehead atoms. The zero-order chi connectivity index (χ0) is 12.3. The lowest BCUT2D eigenvalue weighted by molar-refractivity contribution is 0.0489. The normalized spacial score (nSPS) is 24.4. The summed E-state index contributed by atoms with van der Waals surface area (Å²) in [7, 11) is 0. The minimum absolute atomic E-state index is 0.0520. The molecule has 0 saturated carbocycles. The van der Waals surface area contributed by atoms with Crippen LogP contribution >= 0.6 is 0 Å². The summed E-state index contributed by atoms with van der Waals surface area (Å²) in [4.78, 5) is 2.35. The topological polar surface area (TPSA) is 49.5 Å². The number of hydrogen-bond acceptors (Lipinski definition) is 3. The van der Waals surface area contributed by atoms with Crippen LogP contribution in [0.2, 0.25) is 0 Å². The van der Waals surface area contributed by atoms with Crippen molar-refractivity contribution in [2.45, 2.75) is 52.6 Å². The number of piperidine rings is 1. The van der Waals surface area contributed by atoms with Crippen LogP contribution in [-0.4, -0.2) is 41.8 Å². The summed E-state index contributed by atoms with van der Waals surface area (Å²) in [5.41, 5.74) is 6.31. The predicted molar refractivity (Wildman–Crippen MR) is 68.3 cm³/mol. The van der Waals surface area contributed by atoms with Crippen molar-refractivity contribution in [1.29, 1.82) is 0 Å². The van der Waals surface area contributed by atoms with Crippen molar-refractivity contribution in [2.24, 2.45) is 17.1 Å². The number of nitrogens with two attached hydrogens (primary N) is 1. The molecule has 2 atom stereocenters. The highest BCUT2D eigenvalue weighted by Crippen LogP contribution is 2.34. The average Bonchev–Trinajstić information content (AvgIpc) is 2.17. The first kappa shape index (κ1) is 13.9. The maximum atomic E-state index is 9.35. The molecule has 1 saturated heterocycles. The Morgan fingerprint density at radius 1 is 1.31 bits per heavy atom. The van der Waals surface area contributed by atoms with E-state index in [9.17, 15) is 5.11 Å². The third kappa shape index (κ3) is 3.44. The summed E-state index contributed by atoms with van der Waals surface area (Å²) in [5.74, 6) is 0.802. The molecule has 0 radical (unpaired) electrons. The number of nitrogens with zero attached hydrogens (tertiary/aromatic N) is 1. The highest BCUT2D eigenvalue weighted by molar-refractivity contribution is 4.86. The first-order valence-electron chi connectivity index (χ1n) is 6.46. The van der Waals surface area contributed by atoms with Gasteiger partial charge in [-0.2, -0.15) is 0 Å². The summed E-state index contributed by atoms with van der Waals surface area (Å²) < 4.78 is 0. The Morgan fingerprint density at radius 3 is 2.12 bits per heavy atom. The summed E-state index contributed by atoms with van der Waals surface area (Å²) >= 11 is 0. The molecule has 2 unspecified atom stereocenters. The lowest BCUT2D eigenvalue weighted by atomic mass is 9.75. The SMILES string of the molecule is CC(N)C(CO)N1CCC(C(C)(C)C)CC1. The van der Waals surface area contributed by atoms with Crippen molar-refractivity contribution in [2.75, 3.05) is 19.7 Å². The van der Waals surface area contributed by atoms with Gasteiger partial charge in [0.1, 0.15) is 0 Å². The van der Waals surface area contributed by atoms with Crippen molar-refractivity contribution in [3.05, 3.63) is 0 Å². The zero-order valence-electron chi connectivity index (χ0n) is 11.2. The van der Waals surface area contributed by atoms with Crippen LogP contribution in [0.4, 0.5) is 0 Å². The fraction of sp³-hybridized carbons (Fsp3) is 1.00. The van der Waals surface area contributed by atoms with Gasteiger partial charge in [0.15, 0.2) is 0 Å². The number of rotatable bonds is 3. The summed E-state index contributed by atoms with van der Waals surface area (Å²) in [6.45, 7) is 11.3. The molecule has 3 heteroatoms. The predicted octanol–water partition coefficient (Wildman–Crippen LogP) is 1.45. The largest absolute Gasteiger partial charge is 0.395 e. The Bertz CT molecular complexity index is 202. The quantitative estimate of drug-likeness (QED) is 0.769. The molecule has 0 aromatic rings. The molecule has 1 aliphatic rings. The van der Waals surface area contributed by atoms with Gasteiger partial charge >= 0.3 is 0 Å². The minimum atomic E-state index is 0.0520. The van der Waals surface area contributed by atoms with Crippen LogP contribution in [0, 0.1) is 11.3 Å². The molecule has 0 aromatic heterocycles. The fourth-order valence-corrected chi connectivity index (χ4v) is 2.71. The molecule has 96 valence electrons. The molecule has 1 rings (SSSR count). The second-order valence-electron chi connectivity index (χ2n) is 6.29. The van der Waals surface area contributed by atoms with E-state index in [0.29, 0.717) is 5.41 Å². The van der Waals surface area contributed by atoms with Gasteiger partial charge in [0.2, 0.25) is 0 Å². The molecule has 1 heterocycles. The first-order chi connectivity index (χ1) is 7.36. The van der Waals surface area contributed by atoms with E-state index in [0.717, 1.165) is 19.0 Å². The second kappa shape index (κ2) is 5.48. The maximum absolute atomic E-state index is 9.35. The number of likely N-dealkylation sites (tertiary alicyclic amines) is 1. The van der Waals surface area contributed by atoms with Crippen LogP contribution in [0.15, 0.2) is 0 Å².